The number of non-ortho nitro benzene ring substituents is 1. The van der Waals surface area contributed by atoms with Crippen LogP contribution in [0, 0.1) is 10.1 Å². The summed E-state index contributed by atoms with van der Waals surface area (Å²) in [6, 6.07) is 14.7. The molecule has 0 radical (unpaired) electrons. The van der Waals surface area contributed by atoms with Crippen molar-refractivity contribution >= 4 is 23.5 Å². The van der Waals surface area contributed by atoms with E-state index in [2.05, 4.69) is 0 Å². The van der Waals surface area contributed by atoms with E-state index in [1.165, 1.54) is 31.2 Å². The number of nitro benzene ring substituents is 1. The average molecular weight is 325 g/mol. The first-order chi connectivity index (χ1) is 11.5. The Kier molecular flexibility index (Phi) is 5.57. The first kappa shape index (κ1) is 17.1. The lowest BCUT2D eigenvalue weighted by molar-refractivity contribution is -0.384. The summed E-state index contributed by atoms with van der Waals surface area (Å²) in [5, 5.41) is 10.8. The van der Waals surface area contributed by atoms with Gasteiger partial charge in [-0.2, -0.15) is 0 Å². The number of benzene rings is 2. The Balaban J connectivity index is 2.19. The van der Waals surface area contributed by atoms with Crippen molar-refractivity contribution in [2.45, 2.75) is 13.5 Å². The minimum atomic E-state index is -0.766. The number of hydrogen-bond donors (Lipinski definition) is 0. The molecule has 0 atom stereocenters. The minimum absolute atomic E-state index is 0.0409. The molecule has 0 N–H and O–H groups in total. The highest BCUT2D eigenvalue weighted by Crippen LogP contribution is 2.17. The SMILES string of the molecule is CC(=O)/C(=C\c1cccc([N+](=O)[O-])c1)C(=O)OCc1ccccc1. The largest absolute Gasteiger partial charge is 0.457 e. The number of carbonyl (C=O) groups excluding carboxylic acids is 2. The number of carbonyl (C=O) groups is 2. The molecule has 0 aliphatic carbocycles. The van der Waals surface area contributed by atoms with Gasteiger partial charge in [0.25, 0.3) is 5.69 Å². The van der Waals surface area contributed by atoms with Crippen molar-refractivity contribution in [2.75, 3.05) is 0 Å². The van der Waals surface area contributed by atoms with Crippen molar-refractivity contribution < 1.29 is 19.2 Å². The number of ether oxygens (including phenoxy) is 1. The molecule has 122 valence electrons. The number of ketones is 1. The van der Waals surface area contributed by atoms with Gasteiger partial charge in [0.15, 0.2) is 5.78 Å². The molecule has 0 aliphatic rings. The van der Waals surface area contributed by atoms with E-state index in [-0.39, 0.29) is 17.9 Å². The minimum Gasteiger partial charge on any atom is -0.457 e. The van der Waals surface area contributed by atoms with Crippen molar-refractivity contribution in [1.82, 2.24) is 0 Å². The van der Waals surface area contributed by atoms with Crippen LogP contribution in [0.15, 0.2) is 60.2 Å². The molecule has 6 nitrogen and oxygen atoms in total. The van der Waals surface area contributed by atoms with Gasteiger partial charge in [0, 0.05) is 12.1 Å². The predicted octanol–water partition coefficient (Wildman–Crippen LogP) is 3.31. The molecule has 0 spiro atoms. The summed E-state index contributed by atoms with van der Waals surface area (Å²) >= 11 is 0. The Bertz CT molecular complexity index is 796. The second-order valence-corrected chi connectivity index (χ2v) is 5.03. The van der Waals surface area contributed by atoms with Crippen molar-refractivity contribution in [3.63, 3.8) is 0 Å². The molecule has 24 heavy (non-hydrogen) atoms. The molecule has 2 aromatic rings. The topological polar surface area (TPSA) is 86.5 Å². The molecule has 0 saturated carbocycles. The van der Waals surface area contributed by atoms with E-state index in [0.717, 1.165) is 5.56 Å². The average Bonchev–Trinajstić information content (AvgIpc) is 2.58. The Labute approximate surface area is 138 Å². The maximum Gasteiger partial charge on any atom is 0.342 e. The smallest absolute Gasteiger partial charge is 0.342 e. The number of Topliss-reactive ketones (excluding diaryl/α,β-unsaturated/α-hetero) is 1. The molecule has 0 fully saturated rings. The Morgan fingerprint density at radius 2 is 1.83 bits per heavy atom. The number of nitro groups is 1. The molecule has 0 amide bonds. The van der Waals surface area contributed by atoms with Crippen LogP contribution in [0.5, 0.6) is 0 Å². The second-order valence-electron chi connectivity index (χ2n) is 5.03. The summed E-state index contributed by atoms with van der Waals surface area (Å²) in [7, 11) is 0. The van der Waals surface area contributed by atoms with E-state index < -0.39 is 16.7 Å². The highest BCUT2D eigenvalue weighted by Gasteiger charge is 2.17. The third kappa shape index (κ3) is 4.61. The van der Waals surface area contributed by atoms with Gasteiger partial charge in [0.05, 0.1) is 4.92 Å². The molecule has 2 rings (SSSR count). The van der Waals surface area contributed by atoms with Gasteiger partial charge in [0.2, 0.25) is 0 Å². The third-order valence-electron chi connectivity index (χ3n) is 3.20. The van der Waals surface area contributed by atoms with Crippen molar-refractivity contribution in [3.05, 3.63) is 81.4 Å². The van der Waals surface area contributed by atoms with Gasteiger partial charge >= 0.3 is 5.97 Å². The Hall–Kier alpha value is -3.28. The highest BCUT2D eigenvalue weighted by atomic mass is 16.6. The summed E-state index contributed by atoms with van der Waals surface area (Å²) in [5.74, 6) is -1.24. The fourth-order valence-corrected chi connectivity index (χ4v) is 2.00. The number of hydrogen-bond acceptors (Lipinski definition) is 5. The molecule has 2 aromatic carbocycles. The molecular weight excluding hydrogens is 310 g/mol. The van der Waals surface area contributed by atoms with E-state index in [1.54, 1.807) is 18.2 Å². The van der Waals surface area contributed by atoms with Gasteiger partial charge in [-0.05, 0) is 24.1 Å². The van der Waals surface area contributed by atoms with Gasteiger partial charge in [-0.1, -0.05) is 42.5 Å². The van der Waals surface area contributed by atoms with Crippen LogP contribution in [0.1, 0.15) is 18.1 Å². The summed E-state index contributed by atoms with van der Waals surface area (Å²) in [6.07, 6.45) is 1.29. The molecule has 0 saturated heterocycles. The number of nitrogens with zero attached hydrogens (tertiary/aromatic N) is 1. The third-order valence-corrected chi connectivity index (χ3v) is 3.20. The zero-order valence-corrected chi connectivity index (χ0v) is 13.0. The monoisotopic (exact) mass is 325 g/mol. The van der Waals surface area contributed by atoms with Gasteiger partial charge in [0.1, 0.15) is 12.2 Å². The lowest BCUT2D eigenvalue weighted by Crippen LogP contribution is -2.13. The maximum absolute atomic E-state index is 12.1. The van der Waals surface area contributed by atoms with Crippen LogP contribution >= 0.6 is 0 Å². The van der Waals surface area contributed by atoms with Gasteiger partial charge in [-0.25, -0.2) is 4.79 Å². The second kappa shape index (κ2) is 7.82. The first-order valence-corrected chi connectivity index (χ1v) is 7.15. The molecule has 0 aliphatic heterocycles. The van der Waals surface area contributed by atoms with Crippen LogP contribution < -0.4 is 0 Å². The summed E-state index contributed by atoms with van der Waals surface area (Å²) < 4.78 is 5.14. The van der Waals surface area contributed by atoms with Crippen LogP contribution in [-0.4, -0.2) is 16.7 Å². The van der Waals surface area contributed by atoms with Gasteiger partial charge in [-0.15, -0.1) is 0 Å². The highest BCUT2D eigenvalue weighted by molar-refractivity contribution is 6.19. The maximum atomic E-state index is 12.1. The van der Waals surface area contributed by atoms with Gasteiger partial charge < -0.3 is 4.74 Å². The van der Waals surface area contributed by atoms with Crippen molar-refractivity contribution in [2.24, 2.45) is 0 Å². The van der Waals surface area contributed by atoms with E-state index >= 15 is 0 Å². The van der Waals surface area contributed by atoms with Crippen LogP contribution in [0.2, 0.25) is 0 Å². The molecule has 6 heteroatoms. The summed E-state index contributed by atoms with van der Waals surface area (Å²) in [5.41, 5.74) is 0.894. The van der Waals surface area contributed by atoms with Gasteiger partial charge in [-0.3, -0.25) is 14.9 Å². The zero-order valence-electron chi connectivity index (χ0n) is 13.0. The normalized spacial score (nSPS) is 11.0. The molecule has 0 unspecified atom stereocenters. The standard InChI is InChI=1S/C18H15NO5/c1-13(20)17(11-15-8-5-9-16(10-15)19(22)23)18(21)24-12-14-6-3-2-4-7-14/h2-11H,12H2,1H3/b17-11+. The van der Waals surface area contributed by atoms with E-state index in [4.69, 9.17) is 4.74 Å². The molecule has 0 bridgehead atoms. The van der Waals surface area contributed by atoms with E-state index in [1.807, 2.05) is 18.2 Å². The molecular formula is C18H15NO5. The first-order valence-electron chi connectivity index (χ1n) is 7.15. The summed E-state index contributed by atoms with van der Waals surface area (Å²) in [6.45, 7) is 1.28. The summed E-state index contributed by atoms with van der Waals surface area (Å²) in [4.78, 5) is 34.1. The quantitative estimate of drug-likeness (QED) is 0.203. The number of rotatable bonds is 6. The number of esters is 1. The zero-order chi connectivity index (χ0) is 17.5. The van der Waals surface area contributed by atoms with Crippen LogP contribution in [0.3, 0.4) is 0 Å². The lowest BCUT2D eigenvalue weighted by atomic mass is 10.1. The molecule has 0 aromatic heterocycles. The van der Waals surface area contributed by atoms with E-state index in [9.17, 15) is 19.7 Å². The lowest BCUT2D eigenvalue weighted by Gasteiger charge is -2.06. The Morgan fingerprint density at radius 3 is 2.46 bits per heavy atom. The van der Waals surface area contributed by atoms with E-state index in [0.29, 0.717) is 5.56 Å². The van der Waals surface area contributed by atoms with Crippen LogP contribution in [-0.2, 0) is 20.9 Å². The fourth-order valence-electron chi connectivity index (χ4n) is 2.00. The van der Waals surface area contributed by atoms with Crippen LogP contribution in [0.25, 0.3) is 6.08 Å². The van der Waals surface area contributed by atoms with Crippen LogP contribution in [0.4, 0.5) is 5.69 Å². The van der Waals surface area contributed by atoms with Crippen molar-refractivity contribution in [3.8, 4) is 0 Å². The Morgan fingerprint density at radius 1 is 1.12 bits per heavy atom. The fraction of sp³-hybridized carbons (Fsp3) is 0.111. The molecule has 0 heterocycles. The predicted molar refractivity (Wildman–Crippen MR) is 88.0 cm³/mol. The van der Waals surface area contributed by atoms with Crippen molar-refractivity contribution in [1.29, 1.82) is 0 Å².